The van der Waals surface area contributed by atoms with Crippen LogP contribution >= 0.6 is 11.8 Å². The predicted octanol–water partition coefficient (Wildman–Crippen LogP) is 3.93. The minimum Gasteiger partial charge on any atom is -0.313 e. The first-order valence-corrected chi connectivity index (χ1v) is 7.87. The van der Waals surface area contributed by atoms with E-state index in [9.17, 15) is 4.39 Å². The van der Waals surface area contributed by atoms with Crippen molar-refractivity contribution >= 4 is 11.8 Å². The molecular weight excluding hydrogens is 245 g/mol. The van der Waals surface area contributed by atoms with E-state index in [4.69, 9.17) is 0 Å². The fourth-order valence-corrected chi connectivity index (χ4v) is 3.91. The van der Waals surface area contributed by atoms with Crippen LogP contribution in [0.15, 0.2) is 18.2 Å². The molecular formula is C15H22FNS. The highest BCUT2D eigenvalue weighted by molar-refractivity contribution is 7.99. The molecule has 1 fully saturated rings. The van der Waals surface area contributed by atoms with Crippen LogP contribution in [0.25, 0.3) is 0 Å². The summed E-state index contributed by atoms with van der Waals surface area (Å²) < 4.78 is 13.4. The summed E-state index contributed by atoms with van der Waals surface area (Å²) in [5.41, 5.74) is 2.30. The van der Waals surface area contributed by atoms with Crippen LogP contribution in [0.4, 0.5) is 4.39 Å². The standard InChI is InChI=1S/C15H22FNS/c1-11-3-4-13(16)10-14(11)15(17-2)9-12-5-7-18-8-6-12/h3-4,10,12,15,17H,5-9H2,1-2H3. The average molecular weight is 267 g/mol. The second-order valence-electron chi connectivity index (χ2n) is 5.13. The topological polar surface area (TPSA) is 12.0 Å². The van der Waals surface area contributed by atoms with Gasteiger partial charge in [-0.2, -0.15) is 11.8 Å². The molecule has 1 heterocycles. The molecule has 0 spiro atoms. The Morgan fingerprint density at radius 1 is 1.39 bits per heavy atom. The summed E-state index contributed by atoms with van der Waals surface area (Å²) in [4.78, 5) is 0. The van der Waals surface area contributed by atoms with E-state index in [1.807, 2.05) is 13.1 Å². The van der Waals surface area contributed by atoms with Gasteiger partial charge in [0.15, 0.2) is 0 Å². The van der Waals surface area contributed by atoms with Crippen LogP contribution < -0.4 is 5.32 Å². The van der Waals surface area contributed by atoms with Crippen molar-refractivity contribution in [1.82, 2.24) is 5.32 Å². The van der Waals surface area contributed by atoms with Crippen molar-refractivity contribution in [2.75, 3.05) is 18.6 Å². The van der Waals surface area contributed by atoms with Crippen LogP contribution in [0.5, 0.6) is 0 Å². The van der Waals surface area contributed by atoms with Gasteiger partial charge in [0.25, 0.3) is 0 Å². The monoisotopic (exact) mass is 267 g/mol. The van der Waals surface area contributed by atoms with E-state index in [1.165, 1.54) is 29.9 Å². The Morgan fingerprint density at radius 2 is 2.11 bits per heavy atom. The van der Waals surface area contributed by atoms with Gasteiger partial charge in [0.05, 0.1) is 0 Å². The summed E-state index contributed by atoms with van der Waals surface area (Å²) in [6.45, 7) is 2.07. The van der Waals surface area contributed by atoms with E-state index in [1.54, 1.807) is 12.1 Å². The number of benzene rings is 1. The van der Waals surface area contributed by atoms with Crippen LogP contribution in [0.2, 0.25) is 0 Å². The lowest BCUT2D eigenvalue weighted by Crippen LogP contribution is -2.23. The molecule has 1 aliphatic heterocycles. The van der Waals surface area contributed by atoms with Crippen LogP contribution in [0.3, 0.4) is 0 Å². The minimum absolute atomic E-state index is 0.130. The molecule has 1 aromatic carbocycles. The van der Waals surface area contributed by atoms with E-state index in [2.05, 4.69) is 24.0 Å². The van der Waals surface area contributed by atoms with Gasteiger partial charge in [0.1, 0.15) is 5.82 Å². The fraction of sp³-hybridized carbons (Fsp3) is 0.600. The summed E-state index contributed by atoms with van der Waals surface area (Å²) in [7, 11) is 1.98. The van der Waals surface area contributed by atoms with Crippen molar-refractivity contribution in [2.24, 2.45) is 5.92 Å². The molecule has 1 saturated heterocycles. The molecule has 18 heavy (non-hydrogen) atoms. The zero-order valence-electron chi connectivity index (χ0n) is 11.2. The number of hydrogen-bond acceptors (Lipinski definition) is 2. The molecule has 0 aliphatic carbocycles. The highest BCUT2D eigenvalue weighted by atomic mass is 32.2. The molecule has 0 saturated carbocycles. The first-order valence-electron chi connectivity index (χ1n) is 6.71. The van der Waals surface area contributed by atoms with Crippen LogP contribution in [-0.2, 0) is 0 Å². The maximum atomic E-state index is 13.4. The fourth-order valence-electron chi connectivity index (χ4n) is 2.70. The molecule has 0 aromatic heterocycles. The van der Waals surface area contributed by atoms with Gasteiger partial charge in [-0.1, -0.05) is 6.07 Å². The molecule has 0 bridgehead atoms. The Kier molecular flexibility index (Phi) is 5.07. The molecule has 1 nitrogen and oxygen atoms in total. The maximum absolute atomic E-state index is 13.4. The van der Waals surface area contributed by atoms with E-state index < -0.39 is 0 Å². The van der Waals surface area contributed by atoms with Crippen molar-refractivity contribution < 1.29 is 4.39 Å². The zero-order chi connectivity index (χ0) is 13.0. The lowest BCUT2D eigenvalue weighted by Gasteiger charge is -2.27. The van der Waals surface area contributed by atoms with Crippen molar-refractivity contribution in [2.45, 2.75) is 32.2 Å². The zero-order valence-corrected chi connectivity index (χ0v) is 12.0. The van der Waals surface area contributed by atoms with Gasteiger partial charge in [-0.25, -0.2) is 4.39 Å². The highest BCUT2D eigenvalue weighted by Crippen LogP contribution is 2.32. The summed E-state index contributed by atoms with van der Waals surface area (Å²) in [6, 6.07) is 5.40. The first-order chi connectivity index (χ1) is 8.70. The van der Waals surface area contributed by atoms with E-state index >= 15 is 0 Å². The predicted molar refractivity (Wildman–Crippen MR) is 77.6 cm³/mol. The van der Waals surface area contributed by atoms with Gasteiger partial charge in [0.2, 0.25) is 0 Å². The van der Waals surface area contributed by atoms with Gasteiger partial charge in [-0.15, -0.1) is 0 Å². The second kappa shape index (κ2) is 6.58. The van der Waals surface area contributed by atoms with Gasteiger partial charge < -0.3 is 5.32 Å². The molecule has 0 amide bonds. The third-order valence-electron chi connectivity index (χ3n) is 3.88. The van der Waals surface area contributed by atoms with Crippen molar-refractivity contribution in [3.63, 3.8) is 0 Å². The lowest BCUT2D eigenvalue weighted by atomic mass is 9.89. The Labute approximate surface area is 114 Å². The van der Waals surface area contributed by atoms with Crippen molar-refractivity contribution in [1.29, 1.82) is 0 Å². The second-order valence-corrected chi connectivity index (χ2v) is 6.36. The minimum atomic E-state index is -0.130. The molecule has 100 valence electrons. The lowest BCUT2D eigenvalue weighted by molar-refractivity contribution is 0.382. The van der Waals surface area contributed by atoms with Gasteiger partial charge >= 0.3 is 0 Å². The summed E-state index contributed by atoms with van der Waals surface area (Å²) >= 11 is 2.05. The number of nitrogens with one attached hydrogen (secondary N) is 1. The molecule has 0 radical (unpaired) electrons. The Hall–Kier alpha value is -0.540. The Balaban J connectivity index is 2.09. The van der Waals surface area contributed by atoms with Gasteiger partial charge in [-0.3, -0.25) is 0 Å². The third-order valence-corrected chi connectivity index (χ3v) is 4.92. The third kappa shape index (κ3) is 3.48. The van der Waals surface area contributed by atoms with Crippen LogP contribution in [0.1, 0.15) is 36.4 Å². The number of halogens is 1. The molecule has 1 aromatic rings. The number of rotatable bonds is 4. The highest BCUT2D eigenvalue weighted by Gasteiger charge is 2.20. The van der Waals surface area contributed by atoms with Crippen molar-refractivity contribution in [3.8, 4) is 0 Å². The van der Waals surface area contributed by atoms with Crippen molar-refractivity contribution in [3.05, 3.63) is 35.1 Å². The molecule has 1 unspecified atom stereocenters. The largest absolute Gasteiger partial charge is 0.313 e. The maximum Gasteiger partial charge on any atom is 0.123 e. The molecule has 2 rings (SSSR count). The average Bonchev–Trinajstić information content (AvgIpc) is 2.40. The molecule has 3 heteroatoms. The smallest absolute Gasteiger partial charge is 0.123 e. The Morgan fingerprint density at radius 3 is 2.78 bits per heavy atom. The molecule has 1 aliphatic rings. The number of hydrogen-bond donors (Lipinski definition) is 1. The molecule has 1 atom stereocenters. The van der Waals surface area contributed by atoms with Gasteiger partial charge in [0, 0.05) is 6.04 Å². The number of aryl methyl sites for hydroxylation is 1. The SMILES string of the molecule is CNC(CC1CCSCC1)c1cc(F)ccc1C. The van der Waals surface area contributed by atoms with Crippen LogP contribution in [-0.4, -0.2) is 18.6 Å². The normalized spacial score (nSPS) is 18.8. The Bertz CT molecular complexity index is 388. The van der Waals surface area contributed by atoms with E-state index in [-0.39, 0.29) is 11.9 Å². The molecule has 1 N–H and O–H groups in total. The summed E-state index contributed by atoms with van der Waals surface area (Å²) in [5.74, 6) is 3.22. The summed E-state index contributed by atoms with van der Waals surface area (Å²) in [6.07, 6.45) is 3.73. The van der Waals surface area contributed by atoms with E-state index in [0.29, 0.717) is 0 Å². The van der Waals surface area contributed by atoms with E-state index in [0.717, 1.165) is 17.9 Å². The van der Waals surface area contributed by atoms with Crippen LogP contribution in [0, 0.1) is 18.7 Å². The first kappa shape index (κ1) is 13.9. The number of thioether (sulfide) groups is 1. The summed E-state index contributed by atoms with van der Waals surface area (Å²) in [5, 5.41) is 3.36. The van der Waals surface area contributed by atoms with Gasteiger partial charge in [-0.05, 0) is 73.9 Å². The quantitative estimate of drug-likeness (QED) is 0.887.